The maximum atomic E-state index is 13.2. The molecule has 2 aromatic carbocycles. The quantitative estimate of drug-likeness (QED) is 0.551. The van der Waals surface area contributed by atoms with Crippen LogP contribution in [0, 0.1) is 5.82 Å². The number of anilines is 1. The molecule has 2 fully saturated rings. The fraction of sp³-hybridized carbons (Fsp3) is 0.375. The first-order chi connectivity index (χ1) is 15.3. The molecular weight excluding hydrogens is 431 g/mol. The molecule has 170 valence electrons. The van der Waals surface area contributed by atoms with E-state index >= 15 is 0 Å². The second-order valence-electron chi connectivity index (χ2n) is 8.54. The number of methoxy groups -OCH3 is 1. The summed E-state index contributed by atoms with van der Waals surface area (Å²) in [5.74, 6) is 0.261. The molecule has 6 nitrogen and oxygen atoms in total. The predicted octanol–water partition coefficient (Wildman–Crippen LogP) is 3.11. The Kier molecular flexibility index (Phi) is 6.69. The molecular formula is C24H28ClFN4O2. The zero-order valence-corrected chi connectivity index (χ0v) is 19.1. The van der Waals surface area contributed by atoms with Crippen molar-refractivity contribution < 1.29 is 13.9 Å². The van der Waals surface area contributed by atoms with Crippen LogP contribution < -0.4 is 10.5 Å². The summed E-state index contributed by atoms with van der Waals surface area (Å²) in [5.41, 5.74) is 8.32. The summed E-state index contributed by atoms with van der Waals surface area (Å²) in [4.78, 5) is 19.8. The van der Waals surface area contributed by atoms with Crippen LogP contribution in [0.5, 0.6) is 5.75 Å². The van der Waals surface area contributed by atoms with Gasteiger partial charge in [0, 0.05) is 50.1 Å². The van der Waals surface area contributed by atoms with E-state index in [1.807, 2.05) is 17.0 Å². The van der Waals surface area contributed by atoms with Gasteiger partial charge >= 0.3 is 0 Å². The molecule has 0 aromatic heterocycles. The van der Waals surface area contributed by atoms with Crippen molar-refractivity contribution in [2.24, 2.45) is 0 Å². The number of amides is 1. The first-order valence-electron chi connectivity index (χ1n) is 10.6. The van der Waals surface area contributed by atoms with Crippen molar-refractivity contribution >= 4 is 29.3 Å². The van der Waals surface area contributed by atoms with Crippen molar-refractivity contribution in [1.29, 1.82) is 0 Å². The number of carbonyl (C=O) groups excluding carboxylic acids is 1. The summed E-state index contributed by atoms with van der Waals surface area (Å²) in [6.45, 7) is 3.92. The fourth-order valence-electron chi connectivity index (χ4n) is 4.70. The van der Waals surface area contributed by atoms with E-state index in [0.29, 0.717) is 22.0 Å². The van der Waals surface area contributed by atoms with E-state index in [1.165, 1.54) is 12.1 Å². The van der Waals surface area contributed by atoms with Gasteiger partial charge in [-0.1, -0.05) is 23.7 Å². The first-order valence-corrected chi connectivity index (χ1v) is 11.0. The van der Waals surface area contributed by atoms with Crippen molar-refractivity contribution in [3.8, 4) is 5.75 Å². The number of piperazine rings is 2. The molecule has 8 heteroatoms. The minimum Gasteiger partial charge on any atom is -0.495 e. The van der Waals surface area contributed by atoms with Crippen LogP contribution in [-0.2, 0) is 11.3 Å². The zero-order valence-electron chi connectivity index (χ0n) is 18.3. The lowest BCUT2D eigenvalue weighted by atomic mass is 9.99. The molecule has 2 bridgehead atoms. The topological polar surface area (TPSA) is 62.0 Å². The zero-order chi connectivity index (χ0) is 22.8. The molecule has 2 atom stereocenters. The van der Waals surface area contributed by atoms with Crippen LogP contribution in [0.3, 0.4) is 0 Å². The molecule has 0 saturated carbocycles. The highest BCUT2D eigenvalue weighted by Gasteiger charge is 2.41. The van der Waals surface area contributed by atoms with Gasteiger partial charge < -0.3 is 20.3 Å². The Morgan fingerprint density at radius 3 is 2.47 bits per heavy atom. The van der Waals surface area contributed by atoms with Crippen LogP contribution in [0.25, 0.3) is 6.08 Å². The normalized spacial score (nSPS) is 21.8. The van der Waals surface area contributed by atoms with Gasteiger partial charge in [-0.15, -0.1) is 0 Å². The predicted molar refractivity (Wildman–Crippen MR) is 125 cm³/mol. The number of nitrogens with zero attached hydrogens (tertiary/aromatic N) is 3. The molecule has 1 amide bonds. The average molecular weight is 459 g/mol. The number of halogens is 2. The van der Waals surface area contributed by atoms with E-state index in [1.54, 1.807) is 31.4 Å². The Balaban J connectivity index is 1.48. The summed E-state index contributed by atoms with van der Waals surface area (Å²) in [6, 6.07) is 10.2. The Morgan fingerprint density at radius 1 is 1.19 bits per heavy atom. The van der Waals surface area contributed by atoms with Gasteiger partial charge in [0.05, 0.1) is 24.2 Å². The standard InChI is InChI=1S/C24H28ClFN4O2/c1-28-12-19-14-29(11-16-3-6-18(26)7-4-16)15-20(13-28)30(19)24(31)8-5-17-9-23(32-2)21(25)10-22(17)27/h3-10,19-20H,11-15,27H2,1-2H3. The molecule has 0 spiro atoms. The van der Waals surface area contributed by atoms with Crippen LogP contribution in [0.4, 0.5) is 10.1 Å². The monoisotopic (exact) mass is 458 g/mol. The molecule has 2 aliphatic rings. The van der Waals surface area contributed by atoms with Crippen LogP contribution >= 0.6 is 11.6 Å². The first kappa shape index (κ1) is 22.6. The van der Waals surface area contributed by atoms with Crippen LogP contribution in [0.15, 0.2) is 42.5 Å². The molecule has 32 heavy (non-hydrogen) atoms. The lowest BCUT2D eigenvalue weighted by Gasteiger charge is -2.52. The van der Waals surface area contributed by atoms with E-state index < -0.39 is 0 Å². The van der Waals surface area contributed by atoms with E-state index in [4.69, 9.17) is 22.1 Å². The number of benzene rings is 2. The second-order valence-corrected chi connectivity index (χ2v) is 8.95. The maximum Gasteiger partial charge on any atom is 0.247 e. The fourth-order valence-corrected chi connectivity index (χ4v) is 4.95. The molecule has 2 aliphatic heterocycles. The van der Waals surface area contributed by atoms with Gasteiger partial charge in [-0.05, 0) is 43.0 Å². The van der Waals surface area contributed by atoms with Crippen molar-refractivity contribution in [1.82, 2.24) is 14.7 Å². The van der Waals surface area contributed by atoms with Gasteiger partial charge in [-0.25, -0.2) is 4.39 Å². The summed E-state index contributed by atoms with van der Waals surface area (Å²) < 4.78 is 18.5. The van der Waals surface area contributed by atoms with E-state index in [9.17, 15) is 9.18 Å². The summed E-state index contributed by atoms with van der Waals surface area (Å²) in [5, 5.41) is 0.434. The largest absolute Gasteiger partial charge is 0.495 e. The smallest absolute Gasteiger partial charge is 0.247 e. The number of hydrogen-bond acceptors (Lipinski definition) is 5. The lowest BCUT2D eigenvalue weighted by molar-refractivity contribution is -0.140. The maximum absolute atomic E-state index is 13.2. The van der Waals surface area contributed by atoms with Gasteiger partial charge in [0.2, 0.25) is 5.91 Å². The third kappa shape index (κ3) is 4.90. The number of hydrogen-bond donors (Lipinski definition) is 1. The minimum atomic E-state index is -0.228. The van der Waals surface area contributed by atoms with E-state index in [2.05, 4.69) is 16.8 Å². The SMILES string of the molecule is COc1cc(C=CC(=O)N2C3CN(C)CC2CN(Cc2ccc(F)cc2)C3)c(N)cc1Cl. The van der Waals surface area contributed by atoms with Crippen LogP contribution in [-0.4, -0.2) is 73.0 Å². The number of fused-ring (bicyclic) bond motifs is 2. The van der Waals surface area contributed by atoms with Gasteiger partial charge in [0.25, 0.3) is 0 Å². The highest BCUT2D eigenvalue weighted by Crippen LogP contribution is 2.30. The molecule has 0 radical (unpaired) electrons. The van der Waals surface area contributed by atoms with Crippen molar-refractivity contribution in [2.75, 3.05) is 46.1 Å². The van der Waals surface area contributed by atoms with Gasteiger partial charge in [0.15, 0.2) is 0 Å². The van der Waals surface area contributed by atoms with Gasteiger partial charge in [-0.3, -0.25) is 9.69 Å². The molecule has 2 N–H and O–H groups in total. The third-order valence-corrected chi connectivity index (χ3v) is 6.40. The molecule has 2 heterocycles. The molecule has 2 saturated heterocycles. The van der Waals surface area contributed by atoms with Crippen LogP contribution in [0.1, 0.15) is 11.1 Å². The lowest BCUT2D eigenvalue weighted by Crippen LogP contribution is -2.68. The summed E-state index contributed by atoms with van der Waals surface area (Å²) in [7, 11) is 3.63. The Morgan fingerprint density at radius 2 is 1.84 bits per heavy atom. The Labute approximate surface area is 193 Å². The molecule has 0 aliphatic carbocycles. The van der Waals surface area contributed by atoms with E-state index in [0.717, 1.165) is 38.3 Å². The molecule has 2 unspecified atom stereocenters. The number of nitrogens with two attached hydrogens (primary N) is 1. The molecule has 4 rings (SSSR count). The van der Waals surface area contributed by atoms with Crippen LogP contribution in [0.2, 0.25) is 5.02 Å². The highest BCUT2D eigenvalue weighted by molar-refractivity contribution is 6.32. The Bertz CT molecular complexity index is 998. The number of carbonyl (C=O) groups is 1. The summed E-state index contributed by atoms with van der Waals surface area (Å²) >= 11 is 6.11. The number of ether oxygens (including phenoxy) is 1. The number of rotatable bonds is 5. The average Bonchev–Trinajstić information content (AvgIpc) is 2.74. The highest BCUT2D eigenvalue weighted by atomic mass is 35.5. The summed E-state index contributed by atoms with van der Waals surface area (Å²) in [6.07, 6.45) is 3.31. The Hall–Kier alpha value is -2.61. The van der Waals surface area contributed by atoms with Gasteiger partial charge in [-0.2, -0.15) is 0 Å². The molecule has 2 aromatic rings. The number of likely N-dealkylation sites (N-methyl/N-ethyl adjacent to an activating group) is 1. The van der Waals surface area contributed by atoms with E-state index in [-0.39, 0.29) is 23.8 Å². The second kappa shape index (κ2) is 9.48. The van der Waals surface area contributed by atoms with Crippen molar-refractivity contribution in [3.05, 3.63) is 64.4 Å². The minimum absolute atomic E-state index is 0.0251. The van der Waals surface area contributed by atoms with Crippen molar-refractivity contribution in [2.45, 2.75) is 18.6 Å². The third-order valence-electron chi connectivity index (χ3n) is 6.11. The van der Waals surface area contributed by atoms with Gasteiger partial charge in [0.1, 0.15) is 11.6 Å². The number of nitrogen functional groups attached to an aromatic ring is 1. The van der Waals surface area contributed by atoms with Crippen molar-refractivity contribution in [3.63, 3.8) is 0 Å².